The average molecular weight is 345 g/mol. The second-order valence-corrected chi connectivity index (χ2v) is 8.55. The third kappa shape index (κ3) is 3.95. The Labute approximate surface area is 136 Å². The van der Waals surface area contributed by atoms with E-state index >= 15 is 0 Å². The summed E-state index contributed by atoms with van der Waals surface area (Å²) < 4.78 is 29.6. The van der Waals surface area contributed by atoms with Crippen LogP contribution >= 0.6 is 0 Å². The van der Waals surface area contributed by atoms with E-state index in [0.29, 0.717) is 45.1 Å². The van der Waals surface area contributed by atoms with E-state index in [-0.39, 0.29) is 24.0 Å². The molecule has 3 rings (SSSR count). The van der Waals surface area contributed by atoms with Gasteiger partial charge in [-0.2, -0.15) is 0 Å². The van der Waals surface area contributed by atoms with Crippen molar-refractivity contribution in [2.75, 3.05) is 32.4 Å². The molecule has 9 heteroatoms. The van der Waals surface area contributed by atoms with Crippen LogP contribution in [0.15, 0.2) is 0 Å². The van der Waals surface area contributed by atoms with Crippen LogP contribution in [-0.2, 0) is 19.6 Å². The Hall–Kier alpha value is -1.35. The van der Waals surface area contributed by atoms with Crippen LogP contribution in [0.3, 0.4) is 0 Å². The minimum absolute atomic E-state index is 0.0842. The van der Waals surface area contributed by atoms with Gasteiger partial charge in [0, 0.05) is 25.0 Å². The topological polar surface area (TPSA) is 96.0 Å². The van der Waals surface area contributed by atoms with E-state index in [1.54, 1.807) is 4.90 Å². The largest absolute Gasteiger partial charge is 0.442 e. The van der Waals surface area contributed by atoms with Crippen LogP contribution in [0.1, 0.15) is 25.7 Å². The van der Waals surface area contributed by atoms with Gasteiger partial charge >= 0.3 is 6.09 Å². The van der Waals surface area contributed by atoms with Gasteiger partial charge in [0.2, 0.25) is 15.9 Å². The number of hydrogen-bond acceptors (Lipinski definition) is 5. The fourth-order valence-corrected chi connectivity index (χ4v) is 4.01. The Morgan fingerprint density at radius 2 is 1.91 bits per heavy atom. The zero-order valence-electron chi connectivity index (χ0n) is 13.2. The van der Waals surface area contributed by atoms with E-state index in [4.69, 9.17) is 4.74 Å². The molecule has 23 heavy (non-hydrogen) atoms. The number of hydrogen-bond donors (Lipinski definition) is 1. The summed E-state index contributed by atoms with van der Waals surface area (Å²) in [6, 6.07) is 0.323. The molecule has 3 fully saturated rings. The molecule has 8 nitrogen and oxygen atoms in total. The van der Waals surface area contributed by atoms with Gasteiger partial charge in [0.15, 0.2) is 0 Å². The predicted octanol–water partition coefficient (Wildman–Crippen LogP) is -0.243. The van der Waals surface area contributed by atoms with Gasteiger partial charge in [-0.1, -0.05) is 0 Å². The molecule has 0 aromatic rings. The number of ether oxygens (including phenoxy) is 1. The first-order chi connectivity index (χ1) is 10.8. The molecular weight excluding hydrogens is 322 g/mol. The zero-order valence-corrected chi connectivity index (χ0v) is 14.0. The lowest BCUT2D eigenvalue weighted by molar-refractivity contribution is -0.126. The fraction of sp³-hybridized carbons (Fsp3) is 0.857. The maximum Gasteiger partial charge on any atom is 0.410 e. The Morgan fingerprint density at radius 3 is 2.48 bits per heavy atom. The lowest BCUT2D eigenvalue weighted by Gasteiger charge is -2.29. The molecule has 1 N–H and O–H groups in total. The Morgan fingerprint density at radius 1 is 1.26 bits per heavy atom. The van der Waals surface area contributed by atoms with Gasteiger partial charge in [-0.05, 0) is 25.7 Å². The van der Waals surface area contributed by atoms with E-state index in [0.717, 1.165) is 12.8 Å². The fourth-order valence-electron chi connectivity index (χ4n) is 3.14. The van der Waals surface area contributed by atoms with Crippen LogP contribution in [0.4, 0.5) is 4.79 Å². The molecule has 1 unspecified atom stereocenters. The lowest BCUT2D eigenvalue weighted by Crippen LogP contribution is -2.44. The molecule has 0 aromatic carbocycles. The second-order valence-electron chi connectivity index (χ2n) is 6.57. The minimum atomic E-state index is -3.18. The highest BCUT2D eigenvalue weighted by molar-refractivity contribution is 7.88. The van der Waals surface area contributed by atoms with Crippen molar-refractivity contribution in [2.24, 2.45) is 5.92 Å². The van der Waals surface area contributed by atoms with E-state index in [1.165, 1.54) is 10.6 Å². The number of amides is 2. The summed E-state index contributed by atoms with van der Waals surface area (Å²) in [6.07, 6.45) is 3.74. The Balaban J connectivity index is 1.41. The number of carbonyl (C=O) groups excluding carboxylic acids is 2. The summed E-state index contributed by atoms with van der Waals surface area (Å²) in [7, 11) is -3.18. The van der Waals surface area contributed by atoms with Gasteiger partial charge in [0.05, 0.1) is 19.3 Å². The van der Waals surface area contributed by atoms with E-state index in [9.17, 15) is 18.0 Å². The average Bonchev–Trinajstić information content (AvgIpc) is 3.27. The highest BCUT2D eigenvalue weighted by Crippen LogP contribution is 2.30. The summed E-state index contributed by atoms with van der Waals surface area (Å²) in [6.45, 7) is 1.62. The van der Waals surface area contributed by atoms with Crippen LogP contribution in [0.5, 0.6) is 0 Å². The molecular formula is C14H23N3O5S. The van der Waals surface area contributed by atoms with Crippen LogP contribution < -0.4 is 5.32 Å². The maximum absolute atomic E-state index is 12.2. The molecule has 2 heterocycles. The van der Waals surface area contributed by atoms with Gasteiger partial charge in [0.25, 0.3) is 0 Å². The smallest absolute Gasteiger partial charge is 0.410 e. The number of carbonyl (C=O) groups is 2. The van der Waals surface area contributed by atoms with Crippen molar-refractivity contribution in [1.29, 1.82) is 0 Å². The summed E-state index contributed by atoms with van der Waals surface area (Å²) >= 11 is 0. The molecule has 0 spiro atoms. The molecule has 1 aliphatic carbocycles. The monoisotopic (exact) mass is 345 g/mol. The van der Waals surface area contributed by atoms with E-state index < -0.39 is 10.0 Å². The SMILES string of the molecule is CS(=O)(=O)N1CCC(C(=O)NCC2CN(C3CC3)C(=O)O2)CC1. The van der Waals surface area contributed by atoms with Crippen molar-refractivity contribution in [2.45, 2.75) is 37.8 Å². The number of cyclic esters (lactones) is 1. The minimum Gasteiger partial charge on any atom is -0.442 e. The third-order valence-corrected chi connectivity index (χ3v) is 5.99. The van der Waals surface area contributed by atoms with Crippen LogP contribution in [0.2, 0.25) is 0 Å². The molecule has 1 atom stereocenters. The molecule has 0 bridgehead atoms. The predicted molar refractivity (Wildman–Crippen MR) is 82.1 cm³/mol. The standard InChI is InChI=1S/C14H23N3O5S/c1-23(20,21)16-6-4-10(5-7-16)13(18)15-8-12-9-17(11-2-3-11)14(19)22-12/h10-12H,2-9H2,1H3,(H,15,18). The van der Waals surface area contributed by atoms with Crippen molar-refractivity contribution >= 4 is 22.0 Å². The van der Waals surface area contributed by atoms with Crippen molar-refractivity contribution in [3.8, 4) is 0 Å². The zero-order chi connectivity index (χ0) is 16.6. The van der Waals surface area contributed by atoms with Crippen LogP contribution in [0, 0.1) is 5.92 Å². The first-order valence-corrected chi connectivity index (χ1v) is 9.89. The van der Waals surface area contributed by atoms with Crippen molar-refractivity contribution in [3.05, 3.63) is 0 Å². The van der Waals surface area contributed by atoms with Crippen molar-refractivity contribution in [1.82, 2.24) is 14.5 Å². The highest BCUT2D eigenvalue weighted by atomic mass is 32.2. The molecule has 130 valence electrons. The van der Waals surface area contributed by atoms with Gasteiger partial charge in [-0.25, -0.2) is 17.5 Å². The molecule has 0 aromatic heterocycles. The molecule has 2 aliphatic heterocycles. The van der Waals surface area contributed by atoms with E-state index in [2.05, 4.69) is 5.32 Å². The summed E-state index contributed by atoms with van der Waals surface area (Å²) in [5.74, 6) is -0.260. The first kappa shape index (κ1) is 16.5. The lowest BCUT2D eigenvalue weighted by atomic mass is 9.97. The van der Waals surface area contributed by atoms with Crippen LogP contribution in [-0.4, -0.2) is 74.2 Å². The number of nitrogens with one attached hydrogen (secondary N) is 1. The number of rotatable bonds is 5. The van der Waals surface area contributed by atoms with Gasteiger partial charge in [-0.3, -0.25) is 4.79 Å². The summed E-state index contributed by atoms with van der Waals surface area (Å²) in [5, 5.41) is 2.84. The number of piperidine rings is 1. The van der Waals surface area contributed by atoms with Crippen LogP contribution in [0.25, 0.3) is 0 Å². The molecule has 1 saturated carbocycles. The normalized spacial score (nSPS) is 27.1. The maximum atomic E-state index is 12.2. The van der Waals surface area contributed by atoms with Crippen molar-refractivity contribution in [3.63, 3.8) is 0 Å². The Bertz CT molecular complexity index is 581. The molecule has 2 amide bonds. The van der Waals surface area contributed by atoms with Crippen molar-refractivity contribution < 1.29 is 22.7 Å². The third-order valence-electron chi connectivity index (χ3n) is 4.69. The second kappa shape index (κ2) is 6.27. The highest BCUT2D eigenvalue weighted by Gasteiger charge is 2.41. The quantitative estimate of drug-likeness (QED) is 0.742. The summed E-state index contributed by atoms with van der Waals surface area (Å²) in [5.41, 5.74) is 0. The van der Waals surface area contributed by atoms with Gasteiger partial charge in [0.1, 0.15) is 6.10 Å². The summed E-state index contributed by atoms with van der Waals surface area (Å²) in [4.78, 5) is 25.6. The van der Waals surface area contributed by atoms with Gasteiger partial charge < -0.3 is 15.0 Å². The molecule has 3 aliphatic rings. The molecule has 2 saturated heterocycles. The van der Waals surface area contributed by atoms with Gasteiger partial charge in [-0.15, -0.1) is 0 Å². The molecule has 0 radical (unpaired) electrons. The Kier molecular flexibility index (Phi) is 4.50. The number of nitrogens with zero attached hydrogens (tertiary/aromatic N) is 2. The van der Waals surface area contributed by atoms with E-state index in [1.807, 2.05) is 0 Å². The number of sulfonamides is 1. The first-order valence-electron chi connectivity index (χ1n) is 8.04.